The van der Waals surface area contributed by atoms with Crippen molar-refractivity contribution in [2.75, 3.05) is 13.1 Å². The van der Waals surface area contributed by atoms with Gasteiger partial charge >= 0.3 is 0 Å². The molecule has 1 saturated heterocycles. The zero-order valence-corrected chi connectivity index (χ0v) is 11.3. The topological polar surface area (TPSA) is 49.5 Å². The number of hydrazine groups is 1. The van der Waals surface area contributed by atoms with Crippen molar-refractivity contribution in [2.45, 2.75) is 39.2 Å². The van der Waals surface area contributed by atoms with E-state index < -0.39 is 0 Å². The zero-order chi connectivity index (χ0) is 13.8. The molecule has 104 valence electrons. The quantitative estimate of drug-likeness (QED) is 0.701. The van der Waals surface area contributed by atoms with E-state index in [4.69, 9.17) is 10.9 Å². The third kappa shape index (κ3) is 13.1. The summed E-state index contributed by atoms with van der Waals surface area (Å²) in [6, 6.07) is 7.94. The number of aliphatic hydroxyl groups excluding tert-OH is 1. The second-order valence-electron chi connectivity index (χ2n) is 4.49. The van der Waals surface area contributed by atoms with Gasteiger partial charge in [-0.3, -0.25) is 5.84 Å². The van der Waals surface area contributed by atoms with Gasteiger partial charge in [-0.05, 0) is 38.8 Å². The summed E-state index contributed by atoms with van der Waals surface area (Å²) in [7, 11) is 0. The Morgan fingerprint density at radius 3 is 1.78 bits per heavy atom. The zero-order valence-electron chi connectivity index (χ0n) is 11.3. The largest absolute Gasteiger partial charge is 0.394 e. The van der Waals surface area contributed by atoms with E-state index in [2.05, 4.69) is 0 Å². The Balaban J connectivity index is 0.000000253. The first-order valence-corrected chi connectivity index (χ1v) is 6.40. The Hall–Kier alpha value is -0.970. The van der Waals surface area contributed by atoms with Crippen molar-refractivity contribution in [3.8, 4) is 0 Å². The second kappa shape index (κ2) is 11.1. The molecule has 0 spiro atoms. The van der Waals surface area contributed by atoms with E-state index in [0.29, 0.717) is 0 Å². The highest BCUT2D eigenvalue weighted by Crippen LogP contribution is 2.03. The van der Waals surface area contributed by atoms with Crippen molar-refractivity contribution in [3.05, 3.63) is 36.1 Å². The lowest BCUT2D eigenvalue weighted by molar-refractivity contribution is 0.216. The average molecular weight is 256 g/mol. The van der Waals surface area contributed by atoms with Gasteiger partial charge < -0.3 is 5.11 Å². The van der Waals surface area contributed by atoms with E-state index in [9.17, 15) is 4.39 Å². The van der Waals surface area contributed by atoms with Crippen LogP contribution in [0, 0.1) is 5.82 Å². The highest BCUT2D eigenvalue weighted by Gasteiger charge is 2.02. The van der Waals surface area contributed by atoms with Crippen molar-refractivity contribution in [3.63, 3.8) is 0 Å². The lowest BCUT2D eigenvalue weighted by Crippen LogP contribution is -2.35. The van der Waals surface area contributed by atoms with Crippen molar-refractivity contribution in [1.29, 1.82) is 0 Å². The molecule has 0 radical (unpaired) electrons. The molecule has 1 aromatic carbocycles. The summed E-state index contributed by atoms with van der Waals surface area (Å²) in [5.74, 6) is 5.29. The number of rotatable bonds is 0. The molecule has 4 heteroatoms. The molecule has 1 aliphatic rings. The fourth-order valence-corrected chi connectivity index (χ4v) is 1.33. The van der Waals surface area contributed by atoms with Gasteiger partial charge in [-0.2, -0.15) is 0 Å². The normalized spacial score (nSPS) is 15.2. The highest BCUT2D eigenvalue weighted by molar-refractivity contribution is 5.02. The van der Waals surface area contributed by atoms with Crippen molar-refractivity contribution >= 4 is 0 Å². The molecule has 0 amide bonds. The van der Waals surface area contributed by atoms with Gasteiger partial charge in [0, 0.05) is 19.2 Å². The van der Waals surface area contributed by atoms with Crippen LogP contribution in [-0.4, -0.2) is 29.3 Å². The Morgan fingerprint density at radius 1 is 1.11 bits per heavy atom. The van der Waals surface area contributed by atoms with Gasteiger partial charge in [-0.15, -0.1) is 0 Å². The van der Waals surface area contributed by atoms with Gasteiger partial charge in [0.15, 0.2) is 0 Å². The maximum absolute atomic E-state index is 11.9. The van der Waals surface area contributed by atoms with Crippen LogP contribution in [0.4, 0.5) is 4.39 Å². The summed E-state index contributed by atoms with van der Waals surface area (Å²) in [5.41, 5.74) is 0. The fraction of sp³-hybridized carbons (Fsp3) is 0.571. The van der Waals surface area contributed by atoms with Gasteiger partial charge in [-0.1, -0.05) is 24.6 Å². The lowest BCUT2D eigenvalue weighted by atomic mass is 10.2. The molecule has 0 aliphatic carbocycles. The molecule has 0 saturated carbocycles. The van der Waals surface area contributed by atoms with E-state index in [1.807, 2.05) is 5.01 Å². The van der Waals surface area contributed by atoms with Crippen LogP contribution in [0.2, 0.25) is 0 Å². The maximum atomic E-state index is 11.9. The maximum Gasteiger partial charge on any atom is 0.123 e. The molecule has 1 fully saturated rings. The molecule has 2 rings (SSSR count). The molecule has 3 N–H and O–H groups in total. The monoisotopic (exact) mass is 256 g/mol. The molecule has 1 aromatic rings. The summed E-state index contributed by atoms with van der Waals surface area (Å²) >= 11 is 0. The van der Waals surface area contributed by atoms with Gasteiger partial charge in [0.2, 0.25) is 0 Å². The fourth-order valence-electron chi connectivity index (χ4n) is 1.33. The van der Waals surface area contributed by atoms with Crippen molar-refractivity contribution < 1.29 is 9.50 Å². The van der Waals surface area contributed by atoms with E-state index in [-0.39, 0.29) is 11.9 Å². The number of hydrogen-bond donors (Lipinski definition) is 2. The molecule has 1 heterocycles. The Morgan fingerprint density at radius 2 is 1.56 bits per heavy atom. The summed E-state index contributed by atoms with van der Waals surface area (Å²) in [4.78, 5) is 0. The van der Waals surface area contributed by atoms with E-state index in [1.54, 1.807) is 32.0 Å². The molecule has 0 bridgehead atoms. The molecule has 18 heavy (non-hydrogen) atoms. The van der Waals surface area contributed by atoms with Crippen LogP contribution < -0.4 is 5.84 Å². The van der Waals surface area contributed by atoms with E-state index >= 15 is 0 Å². The number of hydrogen-bond acceptors (Lipinski definition) is 3. The molecule has 0 aromatic heterocycles. The SMILES string of the molecule is CC(C)O.Fc1ccccc1.NN1CCCCC1. The lowest BCUT2D eigenvalue weighted by Gasteiger charge is -2.20. The van der Waals surface area contributed by atoms with E-state index in [1.165, 1.54) is 31.4 Å². The van der Waals surface area contributed by atoms with Crippen molar-refractivity contribution in [1.82, 2.24) is 5.01 Å². The molecule has 0 atom stereocenters. The molecule has 3 nitrogen and oxygen atoms in total. The highest BCUT2D eigenvalue weighted by atomic mass is 19.1. The number of halogens is 1. The predicted octanol–water partition coefficient (Wildman–Crippen LogP) is 2.56. The van der Waals surface area contributed by atoms with Crippen LogP contribution in [0.25, 0.3) is 0 Å². The van der Waals surface area contributed by atoms with Crippen LogP contribution >= 0.6 is 0 Å². The smallest absolute Gasteiger partial charge is 0.123 e. The minimum Gasteiger partial charge on any atom is -0.394 e. The summed E-state index contributed by atoms with van der Waals surface area (Å²) in [6.45, 7) is 5.64. The average Bonchev–Trinajstić information content (AvgIpc) is 2.31. The number of nitrogens with two attached hydrogens (primary N) is 1. The Bertz CT molecular complexity index is 272. The Kier molecular flexibility index (Phi) is 10.5. The standard InChI is InChI=1S/C6H5F.C5H12N2.C3H8O/c7-6-4-2-1-3-5-6;6-7-4-2-1-3-5-7;1-3(2)4/h1-5H;1-6H2;3-4H,1-2H3. The van der Waals surface area contributed by atoms with Gasteiger partial charge in [-0.25, -0.2) is 9.40 Å². The number of aliphatic hydroxyl groups is 1. The van der Waals surface area contributed by atoms with Gasteiger partial charge in [0.1, 0.15) is 5.82 Å². The summed E-state index contributed by atoms with van der Waals surface area (Å²) in [5, 5.41) is 9.95. The number of nitrogens with zero attached hydrogens (tertiary/aromatic N) is 1. The van der Waals surface area contributed by atoms with Crippen LogP contribution in [0.5, 0.6) is 0 Å². The first-order chi connectivity index (χ1) is 8.52. The second-order valence-corrected chi connectivity index (χ2v) is 4.49. The summed E-state index contributed by atoms with van der Waals surface area (Å²) < 4.78 is 11.9. The first kappa shape index (κ1) is 17.0. The van der Waals surface area contributed by atoms with Crippen LogP contribution in [-0.2, 0) is 0 Å². The van der Waals surface area contributed by atoms with E-state index in [0.717, 1.165) is 13.1 Å². The molecular formula is C14H25FN2O. The van der Waals surface area contributed by atoms with Crippen LogP contribution in [0.3, 0.4) is 0 Å². The number of piperidine rings is 1. The third-order valence-corrected chi connectivity index (χ3v) is 2.12. The molecular weight excluding hydrogens is 231 g/mol. The minimum atomic E-state index is -0.178. The summed E-state index contributed by atoms with van der Waals surface area (Å²) in [6.07, 6.45) is 3.78. The first-order valence-electron chi connectivity index (χ1n) is 6.40. The Labute approximate surface area is 109 Å². The minimum absolute atomic E-state index is 0.167. The van der Waals surface area contributed by atoms with Crippen LogP contribution in [0.1, 0.15) is 33.1 Å². The molecule has 0 unspecified atom stereocenters. The molecule has 1 aliphatic heterocycles. The third-order valence-electron chi connectivity index (χ3n) is 2.12. The van der Waals surface area contributed by atoms with Crippen molar-refractivity contribution in [2.24, 2.45) is 5.84 Å². The van der Waals surface area contributed by atoms with Crippen LogP contribution in [0.15, 0.2) is 30.3 Å². The number of benzene rings is 1. The predicted molar refractivity (Wildman–Crippen MR) is 73.4 cm³/mol. The van der Waals surface area contributed by atoms with Gasteiger partial charge in [0.25, 0.3) is 0 Å². The van der Waals surface area contributed by atoms with Gasteiger partial charge in [0.05, 0.1) is 0 Å².